The molecule has 0 saturated carbocycles. The lowest BCUT2D eigenvalue weighted by molar-refractivity contribution is -0.128. The highest BCUT2D eigenvalue weighted by molar-refractivity contribution is 7.91. The van der Waals surface area contributed by atoms with E-state index in [0.717, 1.165) is 25.0 Å². The van der Waals surface area contributed by atoms with Crippen molar-refractivity contribution in [2.45, 2.75) is 26.7 Å². The van der Waals surface area contributed by atoms with Gasteiger partial charge in [-0.25, -0.2) is 0 Å². The summed E-state index contributed by atoms with van der Waals surface area (Å²) in [5.41, 5.74) is 7.61. The van der Waals surface area contributed by atoms with Crippen molar-refractivity contribution in [3.05, 3.63) is 35.4 Å². The highest BCUT2D eigenvalue weighted by atomic mass is 32.2. The van der Waals surface area contributed by atoms with Gasteiger partial charge in [0.15, 0.2) is 5.84 Å². The van der Waals surface area contributed by atoms with E-state index in [9.17, 15) is 13.2 Å². The van der Waals surface area contributed by atoms with Crippen LogP contribution in [0.3, 0.4) is 0 Å². The van der Waals surface area contributed by atoms with Crippen LogP contribution in [0.1, 0.15) is 32.3 Å². The Morgan fingerprint density at radius 1 is 1.44 bits per heavy atom. The van der Waals surface area contributed by atoms with Crippen molar-refractivity contribution in [2.75, 3.05) is 24.4 Å². The van der Waals surface area contributed by atoms with Crippen molar-refractivity contribution >= 4 is 27.6 Å². The fourth-order valence-corrected chi connectivity index (χ4v) is 4.13. The minimum Gasteiger partial charge on any atom is -0.492 e. The SMILES string of the molecule is CC(C)=CC(=O)N1CCC[C@H](COc2cccc3c2C(N)=NS(=O)(=O)N3)C1. The average Bonchev–Trinajstić information content (AvgIpc) is 2.58. The van der Waals surface area contributed by atoms with E-state index in [1.807, 2.05) is 18.7 Å². The molecule has 0 unspecified atom stereocenters. The number of carbonyl (C=O) groups excluding carboxylic acids is 1. The highest BCUT2D eigenvalue weighted by Gasteiger charge is 2.26. The van der Waals surface area contributed by atoms with Crippen molar-refractivity contribution in [3.63, 3.8) is 0 Å². The number of rotatable bonds is 4. The molecule has 1 fully saturated rings. The molecule has 2 heterocycles. The van der Waals surface area contributed by atoms with Crippen LogP contribution in [-0.4, -0.2) is 44.8 Å². The number of carbonyl (C=O) groups is 1. The Kier molecular flexibility index (Phi) is 5.41. The molecule has 0 radical (unpaired) electrons. The molecule has 1 aromatic rings. The van der Waals surface area contributed by atoms with Gasteiger partial charge in [0, 0.05) is 25.1 Å². The predicted molar refractivity (Wildman–Crippen MR) is 104 cm³/mol. The zero-order valence-electron chi connectivity index (χ0n) is 15.4. The van der Waals surface area contributed by atoms with Gasteiger partial charge in [0.25, 0.3) is 0 Å². The summed E-state index contributed by atoms with van der Waals surface area (Å²) in [5, 5.41) is 0. The van der Waals surface area contributed by atoms with Crippen molar-refractivity contribution in [3.8, 4) is 5.75 Å². The number of fused-ring (bicyclic) bond motifs is 1. The van der Waals surface area contributed by atoms with Crippen LogP contribution in [0, 0.1) is 5.92 Å². The molecular formula is C18H24N4O4S. The molecule has 0 aromatic heterocycles. The number of hydrogen-bond donors (Lipinski definition) is 2. The highest BCUT2D eigenvalue weighted by Crippen LogP contribution is 2.31. The lowest BCUT2D eigenvalue weighted by Gasteiger charge is -2.32. The number of piperidine rings is 1. The molecule has 3 N–H and O–H groups in total. The number of amides is 1. The van der Waals surface area contributed by atoms with Crippen molar-refractivity contribution in [2.24, 2.45) is 16.0 Å². The lowest BCUT2D eigenvalue weighted by atomic mass is 9.98. The smallest absolute Gasteiger partial charge is 0.344 e. The molecule has 2 aliphatic heterocycles. The van der Waals surface area contributed by atoms with Crippen LogP contribution in [0.15, 0.2) is 34.2 Å². The first-order chi connectivity index (χ1) is 12.7. The second-order valence-corrected chi connectivity index (χ2v) is 8.39. The summed E-state index contributed by atoms with van der Waals surface area (Å²) < 4.78 is 35.1. The van der Waals surface area contributed by atoms with E-state index in [1.165, 1.54) is 0 Å². The lowest BCUT2D eigenvalue weighted by Crippen LogP contribution is -2.41. The Morgan fingerprint density at radius 2 is 2.22 bits per heavy atom. The zero-order valence-corrected chi connectivity index (χ0v) is 16.3. The molecule has 146 valence electrons. The van der Waals surface area contributed by atoms with Gasteiger partial charge in [-0.05, 0) is 38.8 Å². The Morgan fingerprint density at radius 3 is 2.96 bits per heavy atom. The molecule has 1 amide bonds. The summed E-state index contributed by atoms with van der Waals surface area (Å²) >= 11 is 0. The molecule has 2 aliphatic rings. The summed E-state index contributed by atoms with van der Waals surface area (Å²) in [4.78, 5) is 14.1. The first kappa shape index (κ1) is 19.2. The van der Waals surface area contributed by atoms with Gasteiger partial charge >= 0.3 is 10.2 Å². The van der Waals surface area contributed by atoms with Crippen LogP contribution in [0.2, 0.25) is 0 Å². The van der Waals surface area contributed by atoms with Gasteiger partial charge in [0.2, 0.25) is 5.91 Å². The monoisotopic (exact) mass is 392 g/mol. The molecule has 0 bridgehead atoms. The number of benzene rings is 1. The van der Waals surface area contributed by atoms with E-state index in [4.69, 9.17) is 10.5 Å². The van der Waals surface area contributed by atoms with Gasteiger partial charge in [-0.3, -0.25) is 9.52 Å². The van der Waals surface area contributed by atoms with Gasteiger partial charge in [-0.15, -0.1) is 4.40 Å². The normalized spacial score (nSPS) is 20.7. The van der Waals surface area contributed by atoms with E-state index < -0.39 is 10.2 Å². The number of hydrogen-bond acceptors (Lipinski definition) is 5. The Balaban J connectivity index is 1.69. The number of likely N-dealkylation sites (tertiary alicyclic amines) is 1. The van der Waals surface area contributed by atoms with Gasteiger partial charge in [-0.1, -0.05) is 11.6 Å². The van der Waals surface area contributed by atoms with Crippen molar-refractivity contribution in [1.82, 2.24) is 4.90 Å². The molecule has 1 aromatic carbocycles. The van der Waals surface area contributed by atoms with Crippen LogP contribution in [0.5, 0.6) is 5.75 Å². The van der Waals surface area contributed by atoms with Crippen LogP contribution in [-0.2, 0) is 15.0 Å². The average molecular weight is 392 g/mol. The van der Waals surface area contributed by atoms with Gasteiger partial charge in [0.1, 0.15) is 5.75 Å². The first-order valence-corrected chi connectivity index (χ1v) is 10.3. The van der Waals surface area contributed by atoms with E-state index in [-0.39, 0.29) is 17.7 Å². The maximum atomic E-state index is 12.2. The molecular weight excluding hydrogens is 368 g/mol. The third-order valence-corrected chi connectivity index (χ3v) is 5.37. The van der Waals surface area contributed by atoms with Gasteiger partial charge in [0.05, 0.1) is 17.9 Å². The van der Waals surface area contributed by atoms with Crippen LogP contribution in [0.25, 0.3) is 0 Å². The Hall–Kier alpha value is -2.55. The number of nitrogens with two attached hydrogens (primary N) is 1. The molecule has 1 atom stereocenters. The second kappa shape index (κ2) is 7.59. The third-order valence-electron chi connectivity index (χ3n) is 4.46. The van der Waals surface area contributed by atoms with E-state index in [1.54, 1.807) is 24.3 Å². The fraction of sp³-hybridized carbons (Fsp3) is 0.444. The maximum absolute atomic E-state index is 12.2. The minimum atomic E-state index is -3.82. The summed E-state index contributed by atoms with van der Waals surface area (Å²) in [6.45, 7) is 5.60. The largest absolute Gasteiger partial charge is 0.492 e. The predicted octanol–water partition coefficient (Wildman–Crippen LogP) is 1.65. The van der Waals surface area contributed by atoms with E-state index >= 15 is 0 Å². The molecule has 0 spiro atoms. The standard InChI is InChI=1S/C18H24N4O4S/c1-12(2)9-16(23)22-8-4-5-13(10-22)11-26-15-7-3-6-14-17(15)18(19)21-27(24,25)20-14/h3,6-7,9,13,20H,4-5,8,10-11H2,1-2H3,(H2,19,21)/t13-/m0/s1. The third kappa shape index (κ3) is 4.60. The second-order valence-electron chi connectivity index (χ2n) is 7.06. The quantitative estimate of drug-likeness (QED) is 0.756. The molecule has 0 aliphatic carbocycles. The fourth-order valence-electron chi connectivity index (χ4n) is 3.28. The first-order valence-electron chi connectivity index (χ1n) is 8.83. The van der Waals surface area contributed by atoms with E-state index in [2.05, 4.69) is 9.12 Å². The number of amidine groups is 1. The topological polar surface area (TPSA) is 114 Å². The van der Waals surface area contributed by atoms with E-state index in [0.29, 0.717) is 30.2 Å². The summed E-state index contributed by atoms with van der Waals surface area (Å²) in [6, 6.07) is 5.04. The summed E-state index contributed by atoms with van der Waals surface area (Å²) in [5.74, 6) is 0.609. The van der Waals surface area contributed by atoms with Crippen molar-refractivity contribution < 1.29 is 17.9 Å². The van der Waals surface area contributed by atoms with Crippen LogP contribution >= 0.6 is 0 Å². The summed E-state index contributed by atoms with van der Waals surface area (Å²) in [6.07, 6.45) is 3.54. The Bertz CT molecular complexity index is 904. The molecule has 3 rings (SSSR count). The maximum Gasteiger partial charge on any atom is 0.344 e. The summed E-state index contributed by atoms with van der Waals surface area (Å²) in [7, 11) is -3.82. The molecule has 1 saturated heterocycles. The van der Waals surface area contributed by atoms with Gasteiger partial charge < -0.3 is 15.4 Å². The number of ether oxygens (including phenoxy) is 1. The number of allylic oxidation sites excluding steroid dienone is 1. The van der Waals surface area contributed by atoms with Gasteiger partial charge in [-0.2, -0.15) is 8.42 Å². The minimum absolute atomic E-state index is 0.0302. The zero-order chi connectivity index (χ0) is 19.6. The van der Waals surface area contributed by atoms with Crippen LogP contribution in [0.4, 0.5) is 5.69 Å². The number of nitrogens with one attached hydrogen (secondary N) is 1. The Labute approximate surface area is 159 Å². The molecule has 8 nitrogen and oxygen atoms in total. The van der Waals surface area contributed by atoms with Crippen molar-refractivity contribution in [1.29, 1.82) is 0 Å². The molecule has 27 heavy (non-hydrogen) atoms. The van der Waals surface area contributed by atoms with Crippen LogP contribution < -0.4 is 15.2 Å². The molecule has 9 heteroatoms. The number of nitrogens with zero attached hydrogens (tertiary/aromatic N) is 2. The number of anilines is 1.